The van der Waals surface area contributed by atoms with Gasteiger partial charge in [0.1, 0.15) is 11.5 Å². The first-order valence-corrected chi connectivity index (χ1v) is 7.11. The molecular formula is C14H13Cl3N2O. The summed E-state index contributed by atoms with van der Waals surface area (Å²) >= 11 is 17.9. The third-order valence-corrected chi connectivity index (χ3v) is 3.55. The van der Waals surface area contributed by atoms with E-state index in [1.165, 1.54) is 0 Å². The first kappa shape index (κ1) is 15.4. The summed E-state index contributed by atoms with van der Waals surface area (Å²) in [7, 11) is 0. The number of pyridine rings is 1. The second-order valence-electron chi connectivity index (χ2n) is 4.51. The van der Waals surface area contributed by atoms with Crippen LogP contribution in [0.4, 0.5) is 0 Å². The van der Waals surface area contributed by atoms with Crippen LogP contribution in [-0.2, 0) is 6.42 Å². The maximum atomic E-state index is 6.07. The van der Waals surface area contributed by atoms with Crippen LogP contribution in [0.3, 0.4) is 0 Å². The summed E-state index contributed by atoms with van der Waals surface area (Å²) in [5, 5.41) is 1.15. The van der Waals surface area contributed by atoms with Gasteiger partial charge >= 0.3 is 0 Å². The zero-order chi connectivity index (χ0) is 14.7. The molecule has 2 N–H and O–H groups in total. The molecule has 20 heavy (non-hydrogen) atoms. The van der Waals surface area contributed by atoms with Crippen molar-refractivity contribution < 1.29 is 4.74 Å². The van der Waals surface area contributed by atoms with Crippen molar-refractivity contribution in [2.24, 2.45) is 5.73 Å². The third kappa shape index (κ3) is 4.00. The van der Waals surface area contributed by atoms with Gasteiger partial charge in [0, 0.05) is 18.3 Å². The monoisotopic (exact) mass is 330 g/mol. The number of aromatic nitrogens is 1. The summed E-state index contributed by atoms with van der Waals surface area (Å²) in [4.78, 5) is 4.12. The van der Waals surface area contributed by atoms with Gasteiger partial charge in [0.05, 0.1) is 21.3 Å². The van der Waals surface area contributed by atoms with Crippen LogP contribution in [0.25, 0.3) is 0 Å². The van der Waals surface area contributed by atoms with E-state index < -0.39 is 0 Å². The number of hydrogen-bond acceptors (Lipinski definition) is 3. The van der Waals surface area contributed by atoms with Crippen LogP contribution in [0.2, 0.25) is 15.1 Å². The van der Waals surface area contributed by atoms with E-state index in [0.29, 0.717) is 26.6 Å². The zero-order valence-corrected chi connectivity index (χ0v) is 13.0. The standard InChI is InChI=1S/C14H13Cl3N2O/c1-8(18)2-9-3-10(7-19-6-9)20-14-5-12(16)11(15)4-13(14)17/h3-8H,2,18H2,1H3. The van der Waals surface area contributed by atoms with Gasteiger partial charge in [-0.25, -0.2) is 0 Å². The van der Waals surface area contributed by atoms with Crippen LogP contribution >= 0.6 is 34.8 Å². The Kier molecular flexibility index (Phi) is 5.11. The van der Waals surface area contributed by atoms with Crippen molar-refractivity contribution in [2.75, 3.05) is 0 Å². The minimum atomic E-state index is 0.0561. The van der Waals surface area contributed by atoms with Gasteiger partial charge in [-0.2, -0.15) is 0 Å². The molecule has 0 saturated carbocycles. The van der Waals surface area contributed by atoms with E-state index in [0.717, 1.165) is 12.0 Å². The molecule has 3 nitrogen and oxygen atoms in total. The molecule has 0 aliphatic heterocycles. The highest BCUT2D eigenvalue weighted by Gasteiger charge is 2.09. The van der Waals surface area contributed by atoms with E-state index >= 15 is 0 Å². The summed E-state index contributed by atoms with van der Waals surface area (Å²) in [5.41, 5.74) is 6.76. The summed E-state index contributed by atoms with van der Waals surface area (Å²) in [6.07, 6.45) is 4.08. The smallest absolute Gasteiger partial charge is 0.147 e. The maximum absolute atomic E-state index is 6.07. The summed E-state index contributed by atoms with van der Waals surface area (Å²) in [5.74, 6) is 1.00. The second-order valence-corrected chi connectivity index (χ2v) is 5.73. The largest absolute Gasteiger partial charge is 0.454 e. The lowest BCUT2D eigenvalue weighted by Crippen LogP contribution is -2.17. The van der Waals surface area contributed by atoms with Gasteiger partial charge in [-0.1, -0.05) is 34.8 Å². The second kappa shape index (κ2) is 6.64. The van der Waals surface area contributed by atoms with E-state index in [-0.39, 0.29) is 6.04 Å². The van der Waals surface area contributed by atoms with E-state index in [1.54, 1.807) is 24.5 Å². The average molecular weight is 332 g/mol. The summed E-state index contributed by atoms with van der Waals surface area (Å²) in [6.45, 7) is 1.93. The van der Waals surface area contributed by atoms with Crippen LogP contribution < -0.4 is 10.5 Å². The van der Waals surface area contributed by atoms with Gasteiger partial charge in [-0.15, -0.1) is 0 Å². The summed E-state index contributed by atoms with van der Waals surface area (Å²) < 4.78 is 5.69. The molecule has 1 unspecified atom stereocenters. The van der Waals surface area contributed by atoms with Gasteiger partial charge in [0.2, 0.25) is 0 Å². The zero-order valence-electron chi connectivity index (χ0n) is 10.7. The first-order valence-electron chi connectivity index (χ1n) is 5.97. The van der Waals surface area contributed by atoms with Gasteiger partial charge in [0.25, 0.3) is 0 Å². The van der Waals surface area contributed by atoms with Gasteiger partial charge < -0.3 is 10.5 Å². The molecule has 0 aliphatic carbocycles. The molecule has 106 valence electrons. The molecule has 1 aromatic carbocycles. The highest BCUT2D eigenvalue weighted by atomic mass is 35.5. The third-order valence-electron chi connectivity index (χ3n) is 2.53. The number of nitrogens with zero attached hydrogens (tertiary/aromatic N) is 1. The molecule has 0 fully saturated rings. The Balaban J connectivity index is 2.24. The molecule has 6 heteroatoms. The molecule has 0 radical (unpaired) electrons. The molecule has 1 aromatic heterocycles. The van der Waals surface area contributed by atoms with Crippen molar-refractivity contribution in [3.63, 3.8) is 0 Å². The highest BCUT2D eigenvalue weighted by molar-refractivity contribution is 6.43. The van der Waals surface area contributed by atoms with Gasteiger partial charge in [-0.3, -0.25) is 4.98 Å². The average Bonchev–Trinajstić information content (AvgIpc) is 2.35. The van der Waals surface area contributed by atoms with Crippen molar-refractivity contribution >= 4 is 34.8 Å². The van der Waals surface area contributed by atoms with Crippen LogP contribution in [0.5, 0.6) is 11.5 Å². The Bertz CT molecular complexity index is 617. The summed E-state index contributed by atoms with van der Waals surface area (Å²) in [6, 6.07) is 5.04. The molecule has 0 amide bonds. The lowest BCUT2D eigenvalue weighted by atomic mass is 10.1. The van der Waals surface area contributed by atoms with Gasteiger partial charge in [0.15, 0.2) is 0 Å². The molecule has 0 bridgehead atoms. The van der Waals surface area contributed by atoms with E-state index in [1.807, 2.05) is 13.0 Å². The van der Waals surface area contributed by atoms with Crippen molar-refractivity contribution in [3.8, 4) is 11.5 Å². The minimum absolute atomic E-state index is 0.0561. The Morgan fingerprint density at radius 3 is 2.50 bits per heavy atom. The minimum Gasteiger partial charge on any atom is -0.454 e. The lowest BCUT2D eigenvalue weighted by molar-refractivity contribution is 0.479. The van der Waals surface area contributed by atoms with E-state index in [9.17, 15) is 0 Å². The predicted molar refractivity (Wildman–Crippen MR) is 83.1 cm³/mol. The molecule has 2 rings (SSSR count). The number of benzene rings is 1. The maximum Gasteiger partial charge on any atom is 0.147 e. The van der Waals surface area contributed by atoms with Crippen LogP contribution in [0.1, 0.15) is 12.5 Å². The van der Waals surface area contributed by atoms with Crippen LogP contribution in [0.15, 0.2) is 30.6 Å². The number of ether oxygens (including phenoxy) is 1. The predicted octanol–water partition coefficient (Wildman–Crippen LogP) is 4.72. The van der Waals surface area contributed by atoms with E-state index in [4.69, 9.17) is 45.3 Å². The fourth-order valence-electron chi connectivity index (χ4n) is 1.71. The lowest BCUT2D eigenvalue weighted by Gasteiger charge is -2.10. The Morgan fingerprint density at radius 2 is 1.80 bits per heavy atom. The van der Waals surface area contributed by atoms with Crippen molar-refractivity contribution in [1.82, 2.24) is 4.98 Å². The fraction of sp³-hybridized carbons (Fsp3) is 0.214. The van der Waals surface area contributed by atoms with Crippen LogP contribution in [-0.4, -0.2) is 11.0 Å². The van der Waals surface area contributed by atoms with Crippen molar-refractivity contribution in [2.45, 2.75) is 19.4 Å². The Hall–Kier alpha value is -1.000. The molecule has 0 aliphatic rings. The number of hydrogen-bond donors (Lipinski definition) is 1. The molecule has 2 aromatic rings. The molecular weight excluding hydrogens is 319 g/mol. The first-order chi connectivity index (χ1) is 9.45. The van der Waals surface area contributed by atoms with Crippen molar-refractivity contribution in [1.29, 1.82) is 0 Å². The molecule has 0 saturated heterocycles. The number of rotatable bonds is 4. The molecule has 1 heterocycles. The molecule has 1 atom stereocenters. The quantitative estimate of drug-likeness (QED) is 0.824. The van der Waals surface area contributed by atoms with E-state index in [2.05, 4.69) is 4.98 Å². The topological polar surface area (TPSA) is 48.1 Å². The fourth-order valence-corrected chi connectivity index (χ4v) is 2.29. The Labute approximate surface area is 132 Å². The highest BCUT2D eigenvalue weighted by Crippen LogP contribution is 2.36. The van der Waals surface area contributed by atoms with Crippen LogP contribution in [0, 0.1) is 0 Å². The van der Waals surface area contributed by atoms with Gasteiger partial charge in [-0.05, 0) is 31.0 Å². The number of nitrogens with two attached hydrogens (primary N) is 1. The Morgan fingerprint density at radius 1 is 1.10 bits per heavy atom. The van der Waals surface area contributed by atoms with Crippen molar-refractivity contribution in [3.05, 3.63) is 51.2 Å². The SMILES string of the molecule is CC(N)Cc1cncc(Oc2cc(Cl)c(Cl)cc2Cl)c1. The number of halogens is 3. The normalized spacial score (nSPS) is 12.2. The molecule has 0 spiro atoms.